The summed E-state index contributed by atoms with van der Waals surface area (Å²) in [6.07, 6.45) is 4.26. The van der Waals surface area contributed by atoms with E-state index < -0.39 is 12.0 Å². The molecular weight excluding hydrogens is 222 g/mol. The average molecular weight is 237 g/mol. The van der Waals surface area contributed by atoms with E-state index in [-0.39, 0.29) is 5.91 Å². The van der Waals surface area contributed by atoms with E-state index >= 15 is 0 Å². The van der Waals surface area contributed by atoms with Crippen LogP contribution in [-0.4, -0.2) is 44.0 Å². The minimum atomic E-state index is -0.918. The summed E-state index contributed by atoms with van der Waals surface area (Å²) in [5, 5.41) is 9.00. The summed E-state index contributed by atoms with van der Waals surface area (Å²) in [6, 6.07) is -0.661. The zero-order valence-electron chi connectivity index (χ0n) is 9.67. The van der Waals surface area contributed by atoms with Crippen LogP contribution in [0.2, 0.25) is 0 Å². The number of hydrogen-bond donors (Lipinski definition) is 1. The second-order valence-corrected chi connectivity index (χ2v) is 4.15. The Bertz CT molecular complexity index is 441. The number of carboxylic acid groups (broad SMARTS) is 1. The van der Waals surface area contributed by atoms with Crippen molar-refractivity contribution in [3.63, 3.8) is 0 Å². The van der Waals surface area contributed by atoms with Gasteiger partial charge in [0.1, 0.15) is 11.9 Å². The molecule has 1 aromatic heterocycles. The first-order chi connectivity index (χ1) is 8.09. The highest BCUT2D eigenvalue weighted by molar-refractivity contribution is 5.87. The summed E-state index contributed by atoms with van der Waals surface area (Å²) in [5.74, 6) is -0.128. The largest absolute Gasteiger partial charge is 0.480 e. The zero-order chi connectivity index (χ0) is 12.4. The van der Waals surface area contributed by atoms with Crippen molar-refractivity contribution in [1.29, 1.82) is 0 Å². The molecule has 1 unspecified atom stereocenters. The van der Waals surface area contributed by atoms with Crippen molar-refractivity contribution in [2.75, 3.05) is 6.54 Å². The molecule has 0 radical (unpaired) electrons. The van der Waals surface area contributed by atoms with Crippen LogP contribution in [0.3, 0.4) is 0 Å². The molecule has 0 saturated carbocycles. The van der Waals surface area contributed by atoms with Gasteiger partial charge in [-0.1, -0.05) is 0 Å². The smallest absolute Gasteiger partial charge is 0.326 e. The third-order valence-corrected chi connectivity index (χ3v) is 3.12. The number of likely N-dealkylation sites (tertiary alicyclic amines) is 1. The molecule has 6 nitrogen and oxygen atoms in total. The van der Waals surface area contributed by atoms with Crippen molar-refractivity contribution < 1.29 is 14.7 Å². The van der Waals surface area contributed by atoms with Gasteiger partial charge in [0.05, 0.1) is 0 Å². The lowest BCUT2D eigenvalue weighted by atomic mass is 10.2. The lowest BCUT2D eigenvalue weighted by molar-refractivity contribution is -0.146. The summed E-state index contributed by atoms with van der Waals surface area (Å²) in [7, 11) is 0. The molecule has 1 aromatic rings. The van der Waals surface area contributed by atoms with Crippen LogP contribution in [0.5, 0.6) is 0 Å². The fourth-order valence-corrected chi connectivity index (χ4v) is 2.13. The van der Waals surface area contributed by atoms with E-state index in [0.29, 0.717) is 25.9 Å². The molecule has 92 valence electrons. The normalized spacial score (nSPS) is 19.9. The lowest BCUT2D eigenvalue weighted by Gasteiger charge is -2.21. The molecule has 1 saturated heterocycles. The molecule has 2 rings (SSSR count). The van der Waals surface area contributed by atoms with Crippen molar-refractivity contribution in [2.24, 2.45) is 0 Å². The topological polar surface area (TPSA) is 75.4 Å². The van der Waals surface area contributed by atoms with Gasteiger partial charge in [-0.25, -0.2) is 9.78 Å². The van der Waals surface area contributed by atoms with E-state index in [1.54, 1.807) is 6.20 Å². The Kier molecular flexibility index (Phi) is 3.12. The maximum atomic E-state index is 11.6. The molecule has 1 N–H and O–H groups in total. The number of carboxylic acids is 1. The summed E-state index contributed by atoms with van der Waals surface area (Å²) >= 11 is 0. The second-order valence-electron chi connectivity index (χ2n) is 4.15. The van der Waals surface area contributed by atoms with E-state index in [1.807, 2.05) is 17.7 Å². The van der Waals surface area contributed by atoms with Gasteiger partial charge < -0.3 is 14.6 Å². The molecule has 17 heavy (non-hydrogen) atoms. The fourth-order valence-electron chi connectivity index (χ4n) is 2.13. The highest BCUT2D eigenvalue weighted by atomic mass is 16.4. The quantitative estimate of drug-likeness (QED) is 0.815. The van der Waals surface area contributed by atoms with E-state index in [4.69, 9.17) is 5.11 Å². The standard InChI is InChI=1S/C11H15N3O3/c1-8-12-4-5-13(8)6-7-14-9(11(16)17)2-3-10(14)15/h4-5,9H,2-3,6-7H2,1H3,(H,16,17). The highest BCUT2D eigenvalue weighted by Crippen LogP contribution is 2.18. The number of imidazole rings is 1. The molecule has 1 amide bonds. The van der Waals surface area contributed by atoms with Gasteiger partial charge in [-0.3, -0.25) is 4.79 Å². The number of aliphatic carboxylic acids is 1. The van der Waals surface area contributed by atoms with Gasteiger partial charge >= 0.3 is 5.97 Å². The summed E-state index contributed by atoms with van der Waals surface area (Å²) in [6.45, 7) is 2.88. The van der Waals surface area contributed by atoms with E-state index in [1.165, 1.54) is 4.90 Å². The summed E-state index contributed by atoms with van der Waals surface area (Å²) in [4.78, 5) is 28.1. The van der Waals surface area contributed by atoms with Gasteiger partial charge in [0.2, 0.25) is 5.91 Å². The van der Waals surface area contributed by atoms with Crippen LogP contribution in [0.4, 0.5) is 0 Å². The minimum absolute atomic E-state index is 0.0739. The van der Waals surface area contributed by atoms with Gasteiger partial charge in [0.15, 0.2) is 0 Å². The van der Waals surface area contributed by atoms with Gasteiger partial charge in [-0.05, 0) is 13.3 Å². The molecule has 0 aromatic carbocycles. The number of carbonyl (C=O) groups is 2. The summed E-state index contributed by atoms with van der Waals surface area (Å²) < 4.78 is 1.91. The molecule has 0 spiro atoms. The average Bonchev–Trinajstić information content (AvgIpc) is 2.82. The third kappa shape index (κ3) is 2.30. The second kappa shape index (κ2) is 4.57. The molecule has 0 aliphatic carbocycles. The van der Waals surface area contributed by atoms with Crippen LogP contribution >= 0.6 is 0 Å². The van der Waals surface area contributed by atoms with Crippen LogP contribution in [0.15, 0.2) is 12.4 Å². The van der Waals surface area contributed by atoms with Crippen molar-refractivity contribution in [3.8, 4) is 0 Å². The Labute approximate surface area is 98.9 Å². The fraction of sp³-hybridized carbons (Fsp3) is 0.545. The predicted molar refractivity (Wildman–Crippen MR) is 59.3 cm³/mol. The van der Waals surface area contributed by atoms with Crippen LogP contribution in [0.1, 0.15) is 18.7 Å². The monoisotopic (exact) mass is 237 g/mol. The Morgan fingerprint density at radius 1 is 1.59 bits per heavy atom. The van der Waals surface area contributed by atoms with Gasteiger partial charge in [0.25, 0.3) is 0 Å². The summed E-state index contributed by atoms with van der Waals surface area (Å²) in [5.41, 5.74) is 0. The van der Waals surface area contributed by atoms with Crippen LogP contribution in [-0.2, 0) is 16.1 Å². The van der Waals surface area contributed by atoms with E-state index in [9.17, 15) is 9.59 Å². The van der Waals surface area contributed by atoms with Crippen molar-refractivity contribution in [1.82, 2.24) is 14.5 Å². The molecule has 1 aliphatic rings. The van der Waals surface area contributed by atoms with Crippen LogP contribution in [0.25, 0.3) is 0 Å². The van der Waals surface area contributed by atoms with Crippen LogP contribution in [0, 0.1) is 6.92 Å². The molecule has 1 atom stereocenters. The van der Waals surface area contributed by atoms with Crippen molar-refractivity contribution in [3.05, 3.63) is 18.2 Å². The predicted octanol–water partition coefficient (Wildman–Crippen LogP) is 0.267. The number of aromatic nitrogens is 2. The number of rotatable bonds is 4. The first kappa shape index (κ1) is 11.6. The lowest BCUT2D eigenvalue weighted by Crippen LogP contribution is -2.40. The molecule has 0 bridgehead atoms. The highest BCUT2D eigenvalue weighted by Gasteiger charge is 2.35. The zero-order valence-corrected chi connectivity index (χ0v) is 9.67. The van der Waals surface area contributed by atoms with Crippen LogP contribution < -0.4 is 0 Å². The molecule has 2 heterocycles. The maximum Gasteiger partial charge on any atom is 0.326 e. The first-order valence-corrected chi connectivity index (χ1v) is 5.59. The number of amides is 1. The Balaban J connectivity index is 2.00. The number of hydrogen-bond acceptors (Lipinski definition) is 3. The van der Waals surface area contributed by atoms with E-state index in [0.717, 1.165) is 5.82 Å². The van der Waals surface area contributed by atoms with E-state index in [2.05, 4.69) is 4.98 Å². The molecule has 1 aliphatic heterocycles. The first-order valence-electron chi connectivity index (χ1n) is 5.59. The molecule has 1 fully saturated rings. The number of aryl methyl sites for hydroxylation is 1. The van der Waals surface area contributed by atoms with Gasteiger partial charge in [-0.15, -0.1) is 0 Å². The Morgan fingerprint density at radius 3 is 2.94 bits per heavy atom. The molecular formula is C11H15N3O3. The number of carbonyl (C=O) groups excluding carboxylic acids is 1. The minimum Gasteiger partial charge on any atom is -0.480 e. The SMILES string of the molecule is Cc1nccn1CCN1C(=O)CCC1C(=O)O. The Hall–Kier alpha value is -1.85. The van der Waals surface area contributed by atoms with Gasteiger partial charge in [0, 0.05) is 31.9 Å². The van der Waals surface area contributed by atoms with Gasteiger partial charge in [-0.2, -0.15) is 0 Å². The number of nitrogens with zero attached hydrogens (tertiary/aromatic N) is 3. The van der Waals surface area contributed by atoms with Crippen molar-refractivity contribution >= 4 is 11.9 Å². The third-order valence-electron chi connectivity index (χ3n) is 3.12. The maximum absolute atomic E-state index is 11.6. The van der Waals surface area contributed by atoms with Crippen molar-refractivity contribution in [2.45, 2.75) is 32.4 Å². The Morgan fingerprint density at radius 2 is 2.35 bits per heavy atom. The molecule has 6 heteroatoms.